The minimum absolute atomic E-state index is 0.166. The predicted molar refractivity (Wildman–Crippen MR) is 132 cm³/mol. The SMILES string of the molecule is CCOC(=O)c1ccc2c(c1)sc(=NC(=O)c1ccc(S(=O)(=O)N3CCCC3)cc1)n2CCOC. The predicted octanol–water partition coefficient (Wildman–Crippen LogP) is 3.05. The Labute approximate surface area is 207 Å². The summed E-state index contributed by atoms with van der Waals surface area (Å²) in [5.74, 6) is -0.900. The Bertz CT molecular complexity index is 1400. The smallest absolute Gasteiger partial charge is 0.338 e. The molecule has 0 radical (unpaired) electrons. The van der Waals surface area contributed by atoms with Crippen molar-refractivity contribution in [2.75, 3.05) is 33.4 Å². The fourth-order valence-corrected chi connectivity index (χ4v) is 6.51. The number of rotatable bonds is 8. The van der Waals surface area contributed by atoms with E-state index in [-0.39, 0.29) is 17.1 Å². The molecule has 35 heavy (non-hydrogen) atoms. The highest BCUT2D eigenvalue weighted by atomic mass is 32.2. The highest BCUT2D eigenvalue weighted by Crippen LogP contribution is 2.22. The minimum Gasteiger partial charge on any atom is -0.462 e. The normalized spacial score (nSPS) is 15.1. The van der Waals surface area contributed by atoms with E-state index in [9.17, 15) is 18.0 Å². The second kappa shape index (κ2) is 10.8. The van der Waals surface area contributed by atoms with Gasteiger partial charge in [-0.3, -0.25) is 4.79 Å². The van der Waals surface area contributed by atoms with Gasteiger partial charge in [0, 0.05) is 32.3 Å². The molecule has 1 aromatic heterocycles. The topological polar surface area (TPSA) is 107 Å². The van der Waals surface area contributed by atoms with E-state index >= 15 is 0 Å². The van der Waals surface area contributed by atoms with Gasteiger partial charge in [-0.25, -0.2) is 13.2 Å². The number of amides is 1. The lowest BCUT2D eigenvalue weighted by atomic mass is 10.2. The fraction of sp³-hybridized carbons (Fsp3) is 0.375. The van der Waals surface area contributed by atoms with Crippen molar-refractivity contribution in [2.24, 2.45) is 4.99 Å². The molecule has 1 saturated heterocycles. The van der Waals surface area contributed by atoms with Gasteiger partial charge in [0.1, 0.15) is 0 Å². The van der Waals surface area contributed by atoms with E-state index in [1.165, 1.54) is 39.9 Å². The molecular formula is C24H27N3O6S2. The monoisotopic (exact) mass is 517 g/mol. The molecule has 11 heteroatoms. The number of carbonyl (C=O) groups excluding carboxylic acids is 2. The van der Waals surface area contributed by atoms with Crippen LogP contribution in [-0.2, 0) is 26.0 Å². The Hall–Kier alpha value is -2.86. The number of thiazole rings is 1. The Kier molecular flexibility index (Phi) is 7.80. The zero-order valence-corrected chi connectivity index (χ0v) is 21.2. The van der Waals surface area contributed by atoms with E-state index in [2.05, 4.69) is 4.99 Å². The third-order valence-electron chi connectivity index (χ3n) is 5.71. The summed E-state index contributed by atoms with van der Waals surface area (Å²) in [5.41, 5.74) is 1.53. The molecule has 0 aliphatic carbocycles. The molecule has 4 rings (SSSR count). The highest BCUT2D eigenvalue weighted by Gasteiger charge is 2.27. The summed E-state index contributed by atoms with van der Waals surface area (Å²) in [6, 6.07) is 11.1. The molecule has 0 N–H and O–H groups in total. The van der Waals surface area contributed by atoms with E-state index in [0.717, 1.165) is 23.1 Å². The highest BCUT2D eigenvalue weighted by molar-refractivity contribution is 7.89. The lowest BCUT2D eigenvalue weighted by Gasteiger charge is -2.15. The Balaban J connectivity index is 1.67. The van der Waals surface area contributed by atoms with Gasteiger partial charge in [0.25, 0.3) is 5.91 Å². The van der Waals surface area contributed by atoms with Crippen molar-refractivity contribution in [1.29, 1.82) is 0 Å². The largest absolute Gasteiger partial charge is 0.462 e. The number of carbonyl (C=O) groups is 2. The number of hydrogen-bond acceptors (Lipinski definition) is 7. The van der Waals surface area contributed by atoms with Crippen LogP contribution in [0.4, 0.5) is 0 Å². The van der Waals surface area contributed by atoms with Crippen molar-refractivity contribution in [3.05, 3.63) is 58.4 Å². The van der Waals surface area contributed by atoms with Gasteiger partial charge >= 0.3 is 5.97 Å². The molecule has 0 atom stereocenters. The van der Waals surface area contributed by atoms with E-state index < -0.39 is 21.9 Å². The van der Waals surface area contributed by atoms with Gasteiger partial charge in [0.05, 0.1) is 33.9 Å². The van der Waals surface area contributed by atoms with Gasteiger partial charge < -0.3 is 14.0 Å². The first kappa shape index (κ1) is 25.2. The molecular weight excluding hydrogens is 490 g/mol. The van der Waals surface area contributed by atoms with Crippen LogP contribution in [0, 0.1) is 0 Å². The third-order valence-corrected chi connectivity index (χ3v) is 8.67. The standard InChI is InChI=1S/C24H27N3O6S2/c1-3-33-23(29)18-8-11-20-21(16-18)34-24(27(20)14-15-32-2)25-22(28)17-6-9-19(10-7-17)35(30,31)26-12-4-5-13-26/h6-11,16H,3-5,12-15H2,1-2H3. The zero-order chi connectivity index (χ0) is 25.0. The van der Waals surface area contributed by atoms with Crippen LogP contribution in [0.25, 0.3) is 10.2 Å². The first-order valence-electron chi connectivity index (χ1n) is 11.3. The second-order valence-corrected chi connectivity index (χ2v) is 10.9. The zero-order valence-electron chi connectivity index (χ0n) is 19.6. The number of nitrogens with zero attached hydrogens (tertiary/aromatic N) is 3. The van der Waals surface area contributed by atoms with Gasteiger partial charge in [-0.1, -0.05) is 11.3 Å². The number of esters is 1. The van der Waals surface area contributed by atoms with Gasteiger partial charge in [-0.15, -0.1) is 0 Å². The summed E-state index contributed by atoms with van der Waals surface area (Å²) in [7, 11) is -1.96. The van der Waals surface area contributed by atoms with Crippen LogP contribution in [0.2, 0.25) is 0 Å². The maximum Gasteiger partial charge on any atom is 0.338 e. The number of aromatic nitrogens is 1. The van der Waals surface area contributed by atoms with Gasteiger partial charge in [-0.05, 0) is 62.2 Å². The van der Waals surface area contributed by atoms with Crippen molar-refractivity contribution >= 4 is 43.5 Å². The van der Waals surface area contributed by atoms with Crippen LogP contribution in [0.3, 0.4) is 0 Å². The summed E-state index contributed by atoms with van der Waals surface area (Å²) >= 11 is 1.28. The molecule has 3 aromatic rings. The van der Waals surface area contributed by atoms with Gasteiger partial charge in [-0.2, -0.15) is 9.30 Å². The molecule has 0 spiro atoms. The van der Waals surface area contributed by atoms with Crippen LogP contribution in [0.15, 0.2) is 52.4 Å². The van der Waals surface area contributed by atoms with Crippen LogP contribution in [0.5, 0.6) is 0 Å². The first-order valence-corrected chi connectivity index (χ1v) is 13.6. The van der Waals surface area contributed by atoms with Crippen LogP contribution in [0.1, 0.15) is 40.5 Å². The van der Waals surface area contributed by atoms with Crippen molar-refractivity contribution in [1.82, 2.24) is 8.87 Å². The van der Waals surface area contributed by atoms with Crippen molar-refractivity contribution in [3.8, 4) is 0 Å². The number of hydrogen-bond donors (Lipinski definition) is 0. The molecule has 9 nitrogen and oxygen atoms in total. The molecule has 2 aromatic carbocycles. The average molecular weight is 518 g/mol. The van der Waals surface area contributed by atoms with Gasteiger partial charge in [0.15, 0.2) is 4.80 Å². The quantitative estimate of drug-likeness (QED) is 0.425. The lowest BCUT2D eigenvalue weighted by Crippen LogP contribution is -2.27. The van der Waals surface area contributed by atoms with Crippen LogP contribution < -0.4 is 4.80 Å². The molecule has 1 aliphatic rings. The Morgan fingerprint density at radius 3 is 2.40 bits per heavy atom. The second-order valence-electron chi connectivity index (χ2n) is 7.98. The van der Waals surface area contributed by atoms with Crippen molar-refractivity contribution in [2.45, 2.75) is 31.2 Å². The molecule has 0 bridgehead atoms. The molecule has 186 valence electrons. The Morgan fingerprint density at radius 2 is 1.74 bits per heavy atom. The van der Waals surface area contributed by atoms with Crippen LogP contribution in [-0.4, -0.2) is 62.6 Å². The third kappa shape index (κ3) is 5.37. The summed E-state index contributed by atoms with van der Waals surface area (Å²) < 4.78 is 39.9. The van der Waals surface area contributed by atoms with Crippen molar-refractivity contribution in [3.63, 3.8) is 0 Å². The van der Waals surface area contributed by atoms with Gasteiger partial charge in [0.2, 0.25) is 10.0 Å². The number of benzene rings is 2. The summed E-state index contributed by atoms with van der Waals surface area (Å²) in [4.78, 5) is 30.0. The fourth-order valence-electron chi connectivity index (χ4n) is 3.90. The molecule has 1 fully saturated rings. The Morgan fingerprint density at radius 1 is 1.06 bits per heavy atom. The molecule has 0 saturated carbocycles. The summed E-state index contributed by atoms with van der Waals surface area (Å²) in [5, 5.41) is 0. The lowest BCUT2D eigenvalue weighted by molar-refractivity contribution is 0.0526. The molecule has 2 heterocycles. The average Bonchev–Trinajstić information content (AvgIpc) is 3.51. The summed E-state index contributed by atoms with van der Waals surface area (Å²) in [6.07, 6.45) is 1.71. The van der Waals surface area contributed by atoms with Crippen molar-refractivity contribution < 1.29 is 27.5 Å². The number of methoxy groups -OCH3 is 1. The molecule has 1 aliphatic heterocycles. The number of sulfonamides is 1. The molecule has 0 unspecified atom stereocenters. The maximum absolute atomic E-state index is 13.0. The number of fused-ring (bicyclic) bond motifs is 1. The minimum atomic E-state index is -3.55. The van der Waals surface area contributed by atoms with Crippen LogP contribution >= 0.6 is 11.3 Å². The first-order chi connectivity index (χ1) is 16.8. The summed E-state index contributed by atoms with van der Waals surface area (Å²) in [6.45, 7) is 3.94. The molecule has 1 amide bonds. The van der Waals surface area contributed by atoms with E-state index in [1.807, 2.05) is 4.57 Å². The van der Waals surface area contributed by atoms with E-state index in [0.29, 0.717) is 36.6 Å². The number of ether oxygens (including phenoxy) is 2. The van der Waals surface area contributed by atoms with E-state index in [1.54, 1.807) is 32.2 Å². The maximum atomic E-state index is 13.0. The van der Waals surface area contributed by atoms with E-state index in [4.69, 9.17) is 9.47 Å².